The Morgan fingerprint density at radius 3 is 0.967 bits per heavy atom. The van der Waals surface area contributed by atoms with E-state index < -0.39 is 0 Å². The third-order valence-electron chi connectivity index (χ3n) is 11.7. The fraction of sp³-hybridized carbons (Fsp3) is 0.164. The molecule has 288 valence electrons. The first-order valence-corrected chi connectivity index (χ1v) is 20.3. The minimum Gasteiger partial charge on any atom is -0.657 e. The second kappa shape index (κ2) is 15.7. The molecule has 5 heteroatoms. The Morgan fingerprint density at radius 1 is 0.383 bits per heavy atom. The number of terminal acetylenes is 1. The number of aromatic nitrogens is 4. The molecule has 0 saturated heterocycles. The van der Waals surface area contributed by atoms with Gasteiger partial charge in [0.15, 0.2) is 0 Å². The Labute approximate surface area is 366 Å². The van der Waals surface area contributed by atoms with Gasteiger partial charge in [0.05, 0.1) is 22.8 Å². The van der Waals surface area contributed by atoms with E-state index in [1.54, 1.807) is 0 Å². The third kappa shape index (κ3) is 7.00. The Kier molecular flexibility index (Phi) is 10.6. The van der Waals surface area contributed by atoms with E-state index in [1.165, 1.54) is 50.1 Å². The summed E-state index contributed by atoms with van der Waals surface area (Å²) in [7, 11) is 0. The molecule has 2 aliphatic heterocycles. The Balaban J connectivity index is 0.00000499. The zero-order chi connectivity index (χ0) is 41.3. The van der Waals surface area contributed by atoms with Crippen molar-refractivity contribution in [1.29, 1.82) is 0 Å². The topological polar surface area (TPSA) is 54.0 Å². The predicted octanol–water partition coefficient (Wildman–Crippen LogP) is 13.3. The second-order valence-electron chi connectivity index (χ2n) is 16.4. The molecule has 0 amide bonds. The number of aryl methyl sites for hydroxylation is 9. The van der Waals surface area contributed by atoms with Gasteiger partial charge in [0.1, 0.15) is 0 Å². The van der Waals surface area contributed by atoms with Gasteiger partial charge in [0.2, 0.25) is 0 Å². The molecule has 8 bridgehead atoms. The van der Waals surface area contributed by atoms with Crippen molar-refractivity contribution in [2.75, 3.05) is 0 Å². The molecule has 0 aliphatic carbocycles. The number of hydrogen-bond donors (Lipinski definition) is 0. The summed E-state index contributed by atoms with van der Waals surface area (Å²) in [6, 6.07) is 30.2. The number of rotatable bonds is 4. The van der Waals surface area contributed by atoms with Crippen LogP contribution in [0.4, 0.5) is 0 Å². The molecule has 7 aromatic rings. The number of fused-ring (bicyclic) bond motifs is 8. The Hall–Kier alpha value is -6.34. The van der Waals surface area contributed by atoms with Gasteiger partial charge in [-0.25, -0.2) is 9.97 Å². The first-order valence-electron chi connectivity index (χ1n) is 20.3. The molecule has 0 fully saturated rings. The Bertz CT molecular complexity index is 3070. The van der Waals surface area contributed by atoms with Crippen molar-refractivity contribution in [3.05, 3.63) is 163 Å². The Morgan fingerprint density at radius 2 is 0.667 bits per heavy atom. The standard InChI is InChI=1S/C55H46N4.Zn/c1-11-39-12-14-40(15-13-39)52-41-16-18-43(56-41)53(49-33(5)24-30(2)25-34(49)6)45-20-22-47(58-45)55(51-37(9)28-32(4)29-38(51)10)48-23-21-46(59-48)54(44-19-17-42(52)57-44)50-35(7)26-31(3)27-36(50)8;/h1,12-29H,2-10H3;/q-2;+2. The number of nitrogens with zero attached hydrogens (tertiary/aromatic N) is 4. The molecule has 2 aliphatic rings. The summed E-state index contributed by atoms with van der Waals surface area (Å²) in [5, 5.41) is 0. The zero-order valence-electron chi connectivity index (χ0n) is 36.0. The van der Waals surface area contributed by atoms with E-state index in [-0.39, 0.29) is 19.5 Å². The molecule has 9 rings (SSSR count). The van der Waals surface area contributed by atoms with Crippen molar-refractivity contribution in [3.8, 4) is 56.9 Å². The molecule has 5 heterocycles. The molecule has 0 radical (unpaired) electrons. The normalized spacial score (nSPS) is 11.8. The van der Waals surface area contributed by atoms with E-state index in [0.29, 0.717) is 0 Å². The van der Waals surface area contributed by atoms with E-state index in [0.717, 1.165) is 94.9 Å². The maximum absolute atomic E-state index is 5.82. The average Bonchev–Trinajstić information content (AvgIpc) is 4.02. The molecule has 0 atom stereocenters. The average molecular weight is 828 g/mol. The largest absolute Gasteiger partial charge is 2.00 e. The summed E-state index contributed by atoms with van der Waals surface area (Å²) in [5.41, 5.74) is 26.8. The van der Waals surface area contributed by atoms with Gasteiger partial charge >= 0.3 is 19.5 Å². The molecule has 0 unspecified atom stereocenters. The van der Waals surface area contributed by atoms with Crippen LogP contribution in [-0.2, 0) is 19.5 Å². The molecule has 0 spiro atoms. The van der Waals surface area contributed by atoms with E-state index >= 15 is 0 Å². The van der Waals surface area contributed by atoms with Gasteiger partial charge in [0.25, 0.3) is 0 Å². The molecular weight excluding hydrogens is 782 g/mol. The molecule has 0 N–H and O–H groups in total. The molecular formula is C55H46N4Zn. The van der Waals surface area contributed by atoms with Crippen LogP contribution >= 0.6 is 0 Å². The SMILES string of the molecule is C#Cc1ccc(-c2c3nc(c(-c4c(C)cc(C)cc4C)c4ccc([n-]4)c(-c4c(C)cc(C)cc4C)c4nc(c(-c5c(C)cc(C)cc5C)c5ccc2[n-]5)C=C4)C=C3)cc1.[Zn+2]. The van der Waals surface area contributed by atoms with Gasteiger partial charge < -0.3 is 9.97 Å². The molecule has 4 nitrogen and oxygen atoms in total. The predicted molar refractivity (Wildman–Crippen MR) is 249 cm³/mol. The minimum absolute atomic E-state index is 0. The van der Waals surface area contributed by atoms with Gasteiger partial charge in [-0.05, 0) is 177 Å². The number of benzene rings is 4. The van der Waals surface area contributed by atoms with Crippen molar-refractivity contribution in [1.82, 2.24) is 19.9 Å². The van der Waals surface area contributed by atoms with Gasteiger partial charge in [-0.15, -0.1) is 28.5 Å². The van der Waals surface area contributed by atoms with Gasteiger partial charge in [-0.3, -0.25) is 0 Å². The summed E-state index contributed by atoms with van der Waals surface area (Å²) in [6.07, 6.45) is 14.4. The molecule has 0 saturated carbocycles. The second-order valence-corrected chi connectivity index (χ2v) is 16.4. The van der Waals surface area contributed by atoms with Crippen LogP contribution in [-0.4, -0.2) is 9.97 Å². The summed E-state index contributed by atoms with van der Waals surface area (Å²) >= 11 is 0. The van der Waals surface area contributed by atoms with E-state index in [9.17, 15) is 0 Å². The maximum Gasteiger partial charge on any atom is 2.00 e. The van der Waals surface area contributed by atoms with Crippen LogP contribution in [0.3, 0.4) is 0 Å². The summed E-state index contributed by atoms with van der Waals surface area (Å²) in [4.78, 5) is 22.1. The summed E-state index contributed by atoms with van der Waals surface area (Å²) in [6.45, 7) is 19.6. The molecule has 60 heavy (non-hydrogen) atoms. The quantitative estimate of drug-likeness (QED) is 0.131. The van der Waals surface area contributed by atoms with Gasteiger partial charge in [-0.2, -0.15) is 0 Å². The smallest absolute Gasteiger partial charge is 0.657 e. The monoisotopic (exact) mass is 826 g/mol. The summed E-state index contributed by atoms with van der Waals surface area (Å²) in [5.74, 6) is 2.78. The minimum atomic E-state index is 0. The van der Waals surface area contributed by atoms with Crippen LogP contribution in [0.1, 0.15) is 78.4 Å². The van der Waals surface area contributed by atoms with Crippen LogP contribution in [0.25, 0.3) is 90.9 Å². The van der Waals surface area contributed by atoms with Crippen molar-refractivity contribution in [2.45, 2.75) is 62.3 Å². The van der Waals surface area contributed by atoms with Crippen LogP contribution in [0.5, 0.6) is 0 Å². The third-order valence-corrected chi connectivity index (χ3v) is 11.7. The summed E-state index contributed by atoms with van der Waals surface area (Å²) < 4.78 is 0. The van der Waals surface area contributed by atoms with E-state index in [4.69, 9.17) is 26.4 Å². The molecule has 3 aromatic heterocycles. The van der Waals surface area contributed by atoms with Crippen LogP contribution in [0.15, 0.2) is 84.9 Å². The van der Waals surface area contributed by atoms with Crippen molar-refractivity contribution >= 4 is 46.4 Å². The van der Waals surface area contributed by atoms with Crippen LogP contribution in [0, 0.1) is 74.7 Å². The first kappa shape index (κ1) is 40.4. The van der Waals surface area contributed by atoms with Crippen LogP contribution in [0.2, 0.25) is 0 Å². The first-order chi connectivity index (χ1) is 28.4. The fourth-order valence-corrected chi connectivity index (χ4v) is 9.61. The van der Waals surface area contributed by atoms with Crippen molar-refractivity contribution < 1.29 is 19.5 Å². The van der Waals surface area contributed by atoms with E-state index in [1.807, 2.05) is 12.1 Å². The zero-order valence-corrected chi connectivity index (χ0v) is 38.9. The van der Waals surface area contributed by atoms with Gasteiger partial charge in [0, 0.05) is 5.56 Å². The van der Waals surface area contributed by atoms with Crippen LogP contribution < -0.4 is 9.97 Å². The van der Waals surface area contributed by atoms with Gasteiger partial charge in [-0.1, -0.05) is 95.4 Å². The molecule has 4 aromatic carbocycles. The van der Waals surface area contributed by atoms with E-state index in [2.05, 4.69) is 165 Å². The maximum atomic E-state index is 5.82. The van der Waals surface area contributed by atoms with Crippen molar-refractivity contribution in [2.24, 2.45) is 0 Å². The van der Waals surface area contributed by atoms with Crippen molar-refractivity contribution in [3.63, 3.8) is 0 Å². The fourth-order valence-electron chi connectivity index (χ4n) is 9.61. The number of hydrogen-bond acceptors (Lipinski definition) is 2.